The molecule has 1 fully saturated rings. The summed E-state index contributed by atoms with van der Waals surface area (Å²) in [6.45, 7) is 1.67. The summed E-state index contributed by atoms with van der Waals surface area (Å²) in [5.41, 5.74) is 3.82. The SMILES string of the molecule is COc1ccc(-c2cccc(-c3ccn(CC4CCCCO4)n3)c2)nn1. The molecule has 2 aromatic heterocycles. The van der Waals surface area contributed by atoms with Gasteiger partial charge in [-0.3, -0.25) is 4.68 Å². The van der Waals surface area contributed by atoms with Gasteiger partial charge in [0, 0.05) is 30.0 Å². The van der Waals surface area contributed by atoms with E-state index in [0.29, 0.717) is 5.88 Å². The molecule has 3 heterocycles. The number of ether oxygens (including phenoxy) is 2. The van der Waals surface area contributed by atoms with E-state index in [-0.39, 0.29) is 6.10 Å². The van der Waals surface area contributed by atoms with Gasteiger partial charge in [0.2, 0.25) is 5.88 Å². The highest BCUT2D eigenvalue weighted by atomic mass is 16.5. The van der Waals surface area contributed by atoms with Gasteiger partial charge in [0.05, 0.1) is 31.1 Å². The van der Waals surface area contributed by atoms with Crippen LogP contribution in [0.4, 0.5) is 0 Å². The lowest BCUT2D eigenvalue weighted by Crippen LogP contribution is -2.24. The molecule has 0 aliphatic carbocycles. The lowest BCUT2D eigenvalue weighted by atomic mass is 10.1. The van der Waals surface area contributed by atoms with Crippen molar-refractivity contribution in [3.8, 4) is 28.4 Å². The monoisotopic (exact) mass is 350 g/mol. The van der Waals surface area contributed by atoms with Crippen molar-refractivity contribution in [2.45, 2.75) is 31.9 Å². The van der Waals surface area contributed by atoms with E-state index in [4.69, 9.17) is 14.6 Å². The number of nitrogens with zero attached hydrogens (tertiary/aromatic N) is 4. The van der Waals surface area contributed by atoms with Crippen molar-refractivity contribution in [1.29, 1.82) is 0 Å². The molecule has 0 amide bonds. The Morgan fingerprint density at radius 1 is 1.08 bits per heavy atom. The highest BCUT2D eigenvalue weighted by Crippen LogP contribution is 2.25. The second kappa shape index (κ2) is 7.66. The Morgan fingerprint density at radius 2 is 1.96 bits per heavy atom. The van der Waals surface area contributed by atoms with E-state index in [1.165, 1.54) is 12.8 Å². The summed E-state index contributed by atoms with van der Waals surface area (Å²) >= 11 is 0. The molecular weight excluding hydrogens is 328 g/mol. The van der Waals surface area contributed by atoms with Gasteiger partial charge in [-0.1, -0.05) is 18.2 Å². The smallest absolute Gasteiger partial charge is 0.233 e. The summed E-state index contributed by atoms with van der Waals surface area (Å²) in [7, 11) is 1.58. The fraction of sp³-hybridized carbons (Fsp3) is 0.350. The molecule has 1 atom stereocenters. The summed E-state index contributed by atoms with van der Waals surface area (Å²) in [5, 5.41) is 13.0. The molecule has 1 unspecified atom stereocenters. The quantitative estimate of drug-likeness (QED) is 0.704. The zero-order chi connectivity index (χ0) is 17.8. The molecule has 0 saturated carbocycles. The summed E-state index contributed by atoms with van der Waals surface area (Å²) in [6.07, 6.45) is 5.82. The number of hydrogen-bond acceptors (Lipinski definition) is 5. The van der Waals surface area contributed by atoms with Crippen molar-refractivity contribution in [2.75, 3.05) is 13.7 Å². The van der Waals surface area contributed by atoms with Gasteiger partial charge in [-0.15, -0.1) is 10.2 Å². The third-order valence-corrected chi connectivity index (χ3v) is 4.61. The van der Waals surface area contributed by atoms with Crippen LogP contribution < -0.4 is 4.74 Å². The molecule has 0 radical (unpaired) electrons. The first-order valence-corrected chi connectivity index (χ1v) is 8.95. The van der Waals surface area contributed by atoms with Gasteiger partial charge in [-0.05, 0) is 37.5 Å². The maximum Gasteiger partial charge on any atom is 0.233 e. The first-order chi connectivity index (χ1) is 12.8. The molecule has 0 N–H and O–H groups in total. The molecule has 1 aromatic carbocycles. The van der Waals surface area contributed by atoms with Gasteiger partial charge >= 0.3 is 0 Å². The Balaban J connectivity index is 1.52. The van der Waals surface area contributed by atoms with E-state index < -0.39 is 0 Å². The van der Waals surface area contributed by atoms with Crippen LogP contribution in [0, 0.1) is 0 Å². The molecule has 134 valence electrons. The van der Waals surface area contributed by atoms with Gasteiger partial charge in [-0.25, -0.2) is 0 Å². The van der Waals surface area contributed by atoms with Crippen molar-refractivity contribution in [2.24, 2.45) is 0 Å². The molecular formula is C20H22N4O2. The Kier molecular flexibility index (Phi) is 4.93. The van der Waals surface area contributed by atoms with Crippen molar-refractivity contribution in [1.82, 2.24) is 20.0 Å². The van der Waals surface area contributed by atoms with Crippen molar-refractivity contribution < 1.29 is 9.47 Å². The number of benzene rings is 1. The molecule has 6 heteroatoms. The minimum Gasteiger partial charge on any atom is -0.480 e. The van der Waals surface area contributed by atoms with Crippen LogP contribution in [0.15, 0.2) is 48.7 Å². The van der Waals surface area contributed by atoms with E-state index in [9.17, 15) is 0 Å². The lowest BCUT2D eigenvalue weighted by molar-refractivity contribution is 0.00403. The van der Waals surface area contributed by atoms with E-state index >= 15 is 0 Å². The van der Waals surface area contributed by atoms with Crippen LogP contribution in [-0.2, 0) is 11.3 Å². The van der Waals surface area contributed by atoms with Crippen LogP contribution in [0.2, 0.25) is 0 Å². The molecule has 1 saturated heterocycles. The predicted octanol–water partition coefficient (Wildman–Crippen LogP) is 3.58. The van der Waals surface area contributed by atoms with Crippen LogP contribution >= 0.6 is 0 Å². The van der Waals surface area contributed by atoms with Crippen LogP contribution in [0.5, 0.6) is 5.88 Å². The number of hydrogen-bond donors (Lipinski definition) is 0. The summed E-state index contributed by atoms with van der Waals surface area (Å²) in [4.78, 5) is 0. The van der Waals surface area contributed by atoms with Crippen LogP contribution in [-0.4, -0.2) is 39.8 Å². The maximum atomic E-state index is 5.81. The largest absolute Gasteiger partial charge is 0.480 e. The average Bonchev–Trinajstić information content (AvgIpc) is 3.17. The number of methoxy groups -OCH3 is 1. The molecule has 6 nitrogen and oxygen atoms in total. The Hall–Kier alpha value is -2.73. The van der Waals surface area contributed by atoms with E-state index in [1.807, 2.05) is 41.2 Å². The Morgan fingerprint density at radius 3 is 2.69 bits per heavy atom. The molecule has 0 spiro atoms. The van der Waals surface area contributed by atoms with Crippen LogP contribution in [0.3, 0.4) is 0 Å². The van der Waals surface area contributed by atoms with Crippen LogP contribution in [0.25, 0.3) is 22.5 Å². The van der Waals surface area contributed by atoms with Gasteiger partial charge in [0.1, 0.15) is 0 Å². The minimum absolute atomic E-state index is 0.275. The molecule has 3 aromatic rings. The average molecular weight is 350 g/mol. The summed E-state index contributed by atoms with van der Waals surface area (Å²) in [6, 6.07) is 13.9. The molecule has 0 bridgehead atoms. The van der Waals surface area contributed by atoms with Gasteiger partial charge in [0.25, 0.3) is 0 Å². The Labute approximate surface area is 152 Å². The van der Waals surface area contributed by atoms with E-state index in [2.05, 4.69) is 22.3 Å². The lowest BCUT2D eigenvalue weighted by Gasteiger charge is -2.22. The van der Waals surface area contributed by atoms with Gasteiger partial charge in [-0.2, -0.15) is 5.10 Å². The highest BCUT2D eigenvalue weighted by Gasteiger charge is 2.15. The maximum absolute atomic E-state index is 5.81. The first-order valence-electron chi connectivity index (χ1n) is 8.95. The van der Waals surface area contributed by atoms with Gasteiger partial charge < -0.3 is 9.47 Å². The van der Waals surface area contributed by atoms with Crippen molar-refractivity contribution in [3.05, 3.63) is 48.7 Å². The standard InChI is InChI=1S/C20H22N4O2/c1-25-20-9-8-18(21-22-20)15-5-4-6-16(13-15)19-10-11-24(23-19)14-17-7-2-3-12-26-17/h4-6,8-11,13,17H,2-3,7,12,14H2,1H3. The number of rotatable bonds is 5. The second-order valence-corrected chi connectivity index (χ2v) is 6.45. The number of aromatic nitrogens is 4. The molecule has 4 rings (SSSR count). The third kappa shape index (κ3) is 3.75. The van der Waals surface area contributed by atoms with Crippen molar-refractivity contribution in [3.63, 3.8) is 0 Å². The normalized spacial score (nSPS) is 17.2. The van der Waals surface area contributed by atoms with Gasteiger partial charge in [0.15, 0.2) is 0 Å². The Bertz CT molecular complexity index is 854. The second-order valence-electron chi connectivity index (χ2n) is 6.45. The fourth-order valence-electron chi connectivity index (χ4n) is 3.20. The topological polar surface area (TPSA) is 62.1 Å². The predicted molar refractivity (Wildman–Crippen MR) is 98.8 cm³/mol. The minimum atomic E-state index is 0.275. The third-order valence-electron chi connectivity index (χ3n) is 4.61. The zero-order valence-electron chi connectivity index (χ0n) is 14.8. The molecule has 1 aliphatic rings. The van der Waals surface area contributed by atoms with Crippen LogP contribution in [0.1, 0.15) is 19.3 Å². The van der Waals surface area contributed by atoms with E-state index in [1.54, 1.807) is 7.11 Å². The van der Waals surface area contributed by atoms with Crippen molar-refractivity contribution >= 4 is 0 Å². The summed E-state index contributed by atoms with van der Waals surface area (Å²) < 4.78 is 12.9. The highest BCUT2D eigenvalue weighted by molar-refractivity contribution is 5.69. The fourth-order valence-corrected chi connectivity index (χ4v) is 3.20. The zero-order valence-corrected chi connectivity index (χ0v) is 14.8. The van der Waals surface area contributed by atoms with E-state index in [0.717, 1.165) is 42.1 Å². The molecule has 26 heavy (non-hydrogen) atoms. The molecule has 1 aliphatic heterocycles. The summed E-state index contributed by atoms with van der Waals surface area (Å²) in [5.74, 6) is 0.508. The first kappa shape index (κ1) is 16.7.